The van der Waals surface area contributed by atoms with Crippen LogP contribution >= 0.6 is 11.6 Å². The van der Waals surface area contributed by atoms with Crippen molar-refractivity contribution in [2.45, 2.75) is 26.2 Å². The van der Waals surface area contributed by atoms with E-state index in [0.29, 0.717) is 0 Å². The smallest absolute Gasteiger partial charge is 0.0223 e. The topological polar surface area (TPSA) is 0 Å². The summed E-state index contributed by atoms with van der Waals surface area (Å²) in [5.41, 5.74) is 1.26. The average Bonchev–Trinajstić information content (AvgIpc) is 1.66. The van der Waals surface area contributed by atoms with E-state index in [9.17, 15) is 0 Å². The lowest BCUT2D eigenvalue weighted by Gasteiger charge is -1.94. The van der Waals surface area contributed by atoms with Gasteiger partial charge >= 0.3 is 0 Å². The summed E-state index contributed by atoms with van der Waals surface area (Å²) in [6, 6.07) is 0. The molecular formula is C7H13Cl. The molecule has 0 aliphatic heterocycles. The molecular weight excluding hydrogens is 120 g/mol. The Morgan fingerprint density at radius 3 is 2.50 bits per heavy atom. The third-order valence-corrected chi connectivity index (χ3v) is 1.25. The first-order valence-corrected chi connectivity index (χ1v) is 3.51. The fourth-order valence-electron chi connectivity index (χ4n) is 0.521. The van der Waals surface area contributed by atoms with E-state index in [-0.39, 0.29) is 0 Å². The second-order valence-corrected chi connectivity index (χ2v) is 2.48. The number of unbranched alkanes of at least 4 members (excludes halogenated alkanes) is 1. The predicted octanol–water partition coefficient (Wildman–Crippen LogP) is 2.97. The van der Waals surface area contributed by atoms with Crippen LogP contribution in [0.4, 0.5) is 0 Å². The van der Waals surface area contributed by atoms with Crippen LogP contribution in [0.25, 0.3) is 0 Å². The second-order valence-electron chi connectivity index (χ2n) is 2.10. The van der Waals surface area contributed by atoms with Crippen LogP contribution in [0.2, 0.25) is 0 Å². The molecule has 0 unspecified atom stereocenters. The molecule has 0 saturated heterocycles. The third kappa shape index (κ3) is 6.03. The van der Waals surface area contributed by atoms with Crippen LogP contribution in [0.5, 0.6) is 0 Å². The first kappa shape index (κ1) is 8.03. The summed E-state index contributed by atoms with van der Waals surface area (Å²) >= 11 is 5.46. The quantitative estimate of drug-likeness (QED) is 0.314. The molecule has 0 fully saturated rings. The molecule has 0 aromatic rings. The Hall–Kier alpha value is 0.0300. The van der Waals surface area contributed by atoms with Gasteiger partial charge in [0, 0.05) is 5.88 Å². The minimum atomic E-state index is 0.785. The molecule has 0 amide bonds. The Balaban J connectivity index is 2.82. The molecule has 0 atom stereocenters. The molecule has 0 heterocycles. The fourth-order valence-corrected chi connectivity index (χ4v) is 0.710. The van der Waals surface area contributed by atoms with Gasteiger partial charge in [0.2, 0.25) is 0 Å². The van der Waals surface area contributed by atoms with E-state index in [4.69, 9.17) is 11.6 Å². The number of allylic oxidation sites excluding steroid dienone is 1. The van der Waals surface area contributed by atoms with Gasteiger partial charge in [-0.1, -0.05) is 5.57 Å². The summed E-state index contributed by atoms with van der Waals surface area (Å²) in [6.07, 6.45) is 3.44. The molecule has 0 nitrogen and oxygen atoms in total. The predicted molar refractivity (Wildman–Crippen MR) is 39.4 cm³/mol. The van der Waals surface area contributed by atoms with Crippen molar-refractivity contribution in [3.05, 3.63) is 12.2 Å². The molecule has 0 saturated carbocycles. The molecule has 48 valence electrons. The van der Waals surface area contributed by atoms with Crippen LogP contribution in [0.15, 0.2) is 12.2 Å². The van der Waals surface area contributed by atoms with Gasteiger partial charge in [0.25, 0.3) is 0 Å². The van der Waals surface area contributed by atoms with Gasteiger partial charge in [-0.15, -0.1) is 18.2 Å². The molecule has 0 aliphatic carbocycles. The Labute approximate surface area is 56.5 Å². The number of alkyl halides is 1. The van der Waals surface area contributed by atoms with Gasteiger partial charge < -0.3 is 0 Å². The molecule has 0 aromatic carbocycles. The zero-order valence-electron chi connectivity index (χ0n) is 5.41. The van der Waals surface area contributed by atoms with Crippen LogP contribution in [0, 0.1) is 0 Å². The highest BCUT2D eigenvalue weighted by molar-refractivity contribution is 6.17. The van der Waals surface area contributed by atoms with Gasteiger partial charge in [-0.25, -0.2) is 0 Å². The van der Waals surface area contributed by atoms with Crippen molar-refractivity contribution in [1.29, 1.82) is 0 Å². The van der Waals surface area contributed by atoms with Crippen molar-refractivity contribution in [3.63, 3.8) is 0 Å². The van der Waals surface area contributed by atoms with Crippen molar-refractivity contribution in [3.8, 4) is 0 Å². The van der Waals surface area contributed by atoms with E-state index in [1.807, 2.05) is 6.92 Å². The van der Waals surface area contributed by atoms with Gasteiger partial charge in [-0.3, -0.25) is 0 Å². The van der Waals surface area contributed by atoms with Gasteiger partial charge in [0.15, 0.2) is 0 Å². The first-order valence-electron chi connectivity index (χ1n) is 2.97. The van der Waals surface area contributed by atoms with E-state index in [2.05, 4.69) is 6.58 Å². The maximum Gasteiger partial charge on any atom is 0.0223 e. The molecule has 0 aliphatic rings. The Morgan fingerprint density at radius 2 is 2.12 bits per heavy atom. The lowest BCUT2D eigenvalue weighted by atomic mass is 10.2. The zero-order valence-corrected chi connectivity index (χ0v) is 6.17. The summed E-state index contributed by atoms with van der Waals surface area (Å²) < 4.78 is 0. The summed E-state index contributed by atoms with van der Waals surface area (Å²) in [6.45, 7) is 5.83. The van der Waals surface area contributed by atoms with Crippen LogP contribution < -0.4 is 0 Å². The lowest BCUT2D eigenvalue weighted by molar-refractivity contribution is 0.794. The minimum Gasteiger partial charge on any atom is -0.127 e. The van der Waals surface area contributed by atoms with E-state index >= 15 is 0 Å². The standard InChI is InChI=1S/C7H13Cl/c1-7(2)5-3-4-6-8/h1,3-6H2,2H3. The molecule has 0 N–H and O–H groups in total. The number of halogens is 1. The van der Waals surface area contributed by atoms with Crippen LogP contribution in [-0.4, -0.2) is 5.88 Å². The monoisotopic (exact) mass is 132 g/mol. The molecule has 1 heteroatoms. The molecule has 0 spiro atoms. The normalized spacial score (nSPS) is 9.25. The van der Waals surface area contributed by atoms with Gasteiger partial charge in [0.05, 0.1) is 0 Å². The zero-order chi connectivity index (χ0) is 6.41. The average molecular weight is 133 g/mol. The lowest BCUT2D eigenvalue weighted by Crippen LogP contribution is -1.77. The van der Waals surface area contributed by atoms with Crippen LogP contribution in [0.3, 0.4) is 0 Å². The largest absolute Gasteiger partial charge is 0.127 e. The fraction of sp³-hybridized carbons (Fsp3) is 0.714. The first-order chi connectivity index (χ1) is 3.77. The van der Waals surface area contributed by atoms with Crippen molar-refractivity contribution in [2.75, 3.05) is 5.88 Å². The summed E-state index contributed by atoms with van der Waals surface area (Å²) in [5, 5.41) is 0. The highest BCUT2D eigenvalue weighted by atomic mass is 35.5. The number of rotatable bonds is 4. The highest BCUT2D eigenvalue weighted by Crippen LogP contribution is 2.03. The van der Waals surface area contributed by atoms with E-state index in [1.54, 1.807) is 0 Å². The molecule has 0 radical (unpaired) electrons. The SMILES string of the molecule is C=C(C)CCCCCl. The van der Waals surface area contributed by atoms with Crippen molar-refractivity contribution in [2.24, 2.45) is 0 Å². The van der Waals surface area contributed by atoms with E-state index in [0.717, 1.165) is 18.7 Å². The van der Waals surface area contributed by atoms with Crippen molar-refractivity contribution < 1.29 is 0 Å². The summed E-state index contributed by atoms with van der Waals surface area (Å²) in [7, 11) is 0. The highest BCUT2D eigenvalue weighted by Gasteiger charge is 1.85. The van der Waals surface area contributed by atoms with E-state index in [1.165, 1.54) is 12.0 Å². The maximum absolute atomic E-state index is 5.46. The number of hydrogen-bond donors (Lipinski definition) is 0. The minimum absolute atomic E-state index is 0.785. The van der Waals surface area contributed by atoms with E-state index < -0.39 is 0 Å². The molecule has 0 aromatic heterocycles. The Bertz CT molecular complexity index is 66.8. The molecule has 0 rings (SSSR count). The third-order valence-electron chi connectivity index (χ3n) is 0.987. The summed E-state index contributed by atoms with van der Waals surface area (Å²) in [5.74, 6) is 0.785. The second kappa shape index (κ2) is 5.17. The van der Waals surface area contributed by atoms with Crippen molar-refractivity contribution >= 4 is 11.6 Å². The van der Waals surface area contributed by atoms with Gasteiger partial charge in [-0.05, 0) is 26.2 Å². The van der Waals surface area contributed by atoms with Crippen LogP contribution in [-0.2, 0) is 0 Å². The molecule has 8 heavy (non-hydrogen) atoms. The number of hydrogen-bond acceptors (Lipinski definition) is 0. The van der Waals surface area contributed by atoms with Gasteiger partial charge in [-0.2, -0.15) is 0 Å². The summed E-state index contributed by atoms with van der Waals surface area (Å²) in [4.78, 5) is 0. The molecule has 0 bridgehead atoms. The Morgan fingerprint density at radius 1 is 1.50 bits per heavy atom. The van der Waals surface area contributed by atoms with Gasteiger partial charge in [0.1, 0.15) is 0 Å². The van der Waals surface area contributed by atoms with Crippen molar-refractivity contribution in [1.82, 2.24) is 0 Å². The maximum atomic E-state index is 5.46. The Kier molecular flexibility index (Phi) is 5.19. The van der Waals surface area contributed by atoms with Crippen LogP contribution in [0.1, 0.15) is 26.2 Å².